The molecule has 2 aromatic rings. The first kappa shape index (κ1) is 17.3. The monoisotopic (exact) mass is 357 g/mol. The largest absolute Gasteiger partial charge is 0.352 e. The number of aromatic nitrogens is 2. The standard InChI is InChI=1S/C19H27N5O2/c20-9-15-5-4-14(24(15)11-12-1-2-12)8-18(25)21-10-13-3-6-16-17(7-13)23-19(26)22-16/h3,6-7,12,14-15H,1-2,4-5,8-11,20H2,(H,21,25)(H2,22,23,26)/t14-,15+/m0/s1. The van der Waals surface area contributed by atoms with E-state index in [1.807, 2.05) is 18.2 Å². The lowest BCUT2D eigenvalue weighted by Crippen LogP contribution is -2.43. The van der Waals surface area contributed by atoms with Crippen molar-refractivity contribution in [3.8, 4) is 0 Å². The van der Waals surface area contributed by atoms with Crippen LogP contribution in [-0.4, -0.2) is 45.9 Å². The third-order valence-corrected chi connectivity index (χ3v) is 5.70. The molecule has 1 amide bonds. The zero-order valence-corrected chi connectivity index (χ0v) is 15.0. The van der Waals surface area contributed by atoms with E-state index in [0.717, 1.165) is 41.9 Å². The average molecular weight is 357 g/mol. The Balaban J connectivity index is 1.33. The number of nitrogens with one attached hydrogen (secondary N) is 3. The summed E-state index contributed by atoms with van der Waals surface area (Å²) < 4.78 is 0. The molecule has 2 fully saturated rings. The van der Waals surface area contributed by atoms with Gasteiger partial charge >= 0.3 is 5.69 Å². The molecule has 1 saturated carbocycles. The van der Waals surface area contributed by atoms with Crippen molar-refractivity contribution in [2.75, 3.05) is 13.1 Å². The molecule has 1 aliphatic heterocycles. The Morgan fingerprint density at radius 2 is 1.92 bits per heavy atom. The van der Waals surface area contributed by atoms with Crippen molar-refractivity contribution < 1.29 is 4.79 Å². The van der Waals surface area contributed by atoms with E-state index in [0.29, 0.717) is 31.6 Å². The van der Waals surface area contributed by atoms with Gasteiger partial charge in [0.15, 0.2) is 0 Å². The predicted octanol–water partition coefficient (Wildman–Crippen LogP) is 1.06. The van der Waals surface area contributed by atoms with Crippen LogP contribution in [0.5, 0.6) is 0 Å². The van der Waals surface area contributed by atoms with Gasteiger partial charge in [-0.05, 0) is 49.3 Å². The molecule has 0 spiro atoms. The van der Waals surface area contributed by atoms with Crippen LogP contribution in [0.1, 0.15) is 37.7 Å². The first-order valence-electron chi connectivity index (χ1n) is 9.56. The predicted molar refractivity (Wildman–Crippen MR) is 101 cm³/mol. The molecule has 0 radical (unpaired) electrons. The van der Waals surface area contributed by atoms with Crippen molar-refractivity contribution in [3.63, 3.8) is 0 Å². The maximum Gasteiger partial charge on any atom is 0.323 e. The zero-order chi connectivity index (χ0) is 18.1. The first-order chi connectivity index (χ1) is 12.6. The molecule has 4 rings (SSSR count). The summed E-state index contributed by atoms with van der Waals surface area (Å²) in [5.74, 6) is 0.888. The van der Waals surface area contributed by atoms with Crippen molar-refractivity contribution in [1.29, 1.82) is 0 Å². The molecule has 1 aromatic heterocycles. The van der Waals surface area contributed by atoms with Gasteiger partial charge in [0.1, 0.15) is 0 Å². The molecule has 1 aromatic carbocycles. The Labute approximate surface area is 152 Å². The summed E-state index contributed by atoms with van der Waals surface area (Å²) in [6.45, 7) is 2.24. The summed E-state index contributed by atoms with van der Waals surface area (Å²) in [4.78, 5) is 31.7. The average Bonchev–Trinajstić information content (AvgIpc) is 3.25. The molecule has 7 nitrogen and oxygen atoms in total. The van der Waals surface area contributed by atoms with Crippen LogP contribution in [-0.2, 0) is 11.3 Å². The number of aromatic amines is 2. The highest BCUT2D eigenvalue weighted by atomic mass is 16.1. The quantitative estimate of drug-likeness (QED) is 0.594. The minimum absolute atomic E-state index is 0.0797. The van der Waals surface area contributed by atoms with Crippen LogP contribution in [0.15, 0.2) is 23.0 Å². The third-order valence-electron chi connectivity index (χ3n) is 5.70. The summed E-state index contributed by atoms with van der Waals surface area (Å²) >= 11 is 0. The van der Waals surface area contributed by atoms with E-state index in [-0.39, 0.29) is 11.6 Å². The van der Waals surface area contributed by atoms with Crippen LogP contribution in [0, 0.1) is 5.92 Å². The van der Waals surface area contributed by atoms with Crippen LogP contribution in [0.25, 0.3) is 11.0 Å². The summed E-state index contributed by atoms with van der Waals surface area (Å²) in [7, 11) is 0. The van der Waals surface area contributed by atoms with E-state index in [1.165, 1.54) is 12.8 Å². The fourth-order valence-corrected chi connectivity index (χ4v) is 4.06. The van der Waals surface area contributed by atoms with Gasteiger partial charge in [0.05, 0.1) is 11.0 Å². The van der Waals surface area contributed by atoms with Crippen molar-refractivity contribution in [2.24, 2.45) is 11.7 Å². The highest BCUT2D eigenvalue weighted by molar-refractivity contribution is 5.77. The van der Waals surface area contributed by atoms with Crippen molar-refractivity contribution >= 4 is 16.9 Å². The number of H-pyrrole nitrogens is 2. The molecule has 7 heteroatoms. The summed E-state index contributed by atoms with van der Waals surface area (Å²) in [5.41, 5.74) is 8.22. The molecule has 2 atom stereocenters. The second kappa shape index (κ2) is 7.25. The van der Waals surface area contributed by atoms with Gasteiger partial charge in [0, 0.05) is 38.1 Å². The van der Waals surface area contributed by atoms with Crippen LogP contribution < -0.4 is 16.7 Å². The van der Waals surface area contributed by atoms with Crippen LogP contribution in [0.4, 0.5) is 0 Å². The first-order valence-corrected chi connectivity index (χ1v) is 9.56. The van der Waals surface area contributed by atoms with Crippen molar-refractivity contribution in [3.05, 3.63) is 34.2 Å². The molecule has 5 N–H and O–H groups in total. The van der Waals surface area contributed by atoms with Crippen molar-refractivity contribution in [1.82, 2.24) is 20.2 Å². The number of hydrogen-bond acceptors (Lipinski definition) is 4. The Morgan fingerprint density at radius 3 is 2.69 bits per heavy atom. The van der Waals surface area contributed by atoms with E-state index in [4.69, 9.17) is 5.73 Å². The summed E-state index contributed by atoms with van der Waals surface area (Å²) in [6, 6.07) is 6.42. The Kier molecular flexibility index (Phi) is 4.82. The SMILES string of the molecule is NC[C@H]1CC[C@@H](CC(=O)NCc2ccc3[nH]c(=O)[nH]c3c2)N1CC1CC1. The van der Waals surface area contributed by atoms with Crippen LogP contribution in [0.2, 0.25) is 0 Å². The topological polar surface area (TPSA) is 107 Å². The Hall–Kier alpha value is -2.12. The molecule has 2 heterocycles. The zero-order valence-electron chi connectivity index (χ0n) is 15.0. The van der Waals surface area contributed by atoms with E-state index >= 15 is 0 Å². The molecule has 0 bridgehead atoms. The number of carbonyl (C=O) groups excluding carboxylic acids is 1. The van der Waals surface area contributed by atoms with Gasteiger partial charge in [-0.1, -0.05) is 6.07 Å². The fraction of sp³-hybridized carbons (Fsp3) is 0.579. The minimum Gasteiger partial charge on any atom is -0.352 e. The van der Waals surface area contributed by atoms with Gasteiger partial charge in [0.2, 0.25) is 5.91 Å². The molecule has 0 unspecified atom stereocenters. The van der Waals surface area contributed by atoms with Crippen molar-refractivity contribution in [2.45, 2.75) is 50.7 Å². The molecule has 1 aliphatic carbocycles. The Morgan fingerprint density at radius 1 is 1.15 bits per heavy atom. The van der Waals surface area contributed by atoms with Gasteiger partial charge in [0.25, 0.3) is 0 Å². The number of fused-ring (bicyclic) bond motifs is 1. The number of amides is 1. The van der Waals surface area contributed by atoms with Gasteiger partial charge in [-0.15, -0.1) is 0 Å². The third kappa shape index (κ3) is 3.83. The van der Waals surface area contributed by atoms with Crippen LogP contribution >= 0.6 is 0 Å². The number of benzene rings is 1. The number of nitrogens with two attached hydrogens (primary N) is 1. The fourth-order valence-electron chi connectivity index (χ4n) is 4.06. The summed E-state index contributed by atoms with van der Waals surface area (Å²) in [5, 5.41) is 3.02. The number of likely N-dealkylation sites (tertiary alicyclic amines) is 1. The normalized spacial score (nSPS) is 23.6. The second-order valence-electron chi connectivity index (χ2n) is 7.70. The second-order valence-corrected chi connectivity index (χ2v) is 7.70. The highest BCUT2D eigenvalue weighted by Gasteiger charge is 2.37. The maximum absolute atomic E-state index is 12.4. The van der Waals surface area contributed by atoms with Gasteiger partial charge in [-0.25, -0.2) is 4.79 Å². The molecular weight excluding hydrogens is 330 g/mol. The smallest absolute Gasteiger partial charge is 0.323 e. The lowest BCUT2D eigenvalue weighted by Gasteiger charge is -2.29. The number of carbonyl (C=O) groups is 1. The van der Waals surface area contributed by atoms with Gasteiger partial charge in [-0.3, -0.25) is 9.69 Å². The minimum atomic E-state index is -0.215. The lowest BCUT2D eigenvalue weighted by atomic mass is 10.1. The maximum atomic E-state index is 12.4. The number of hydrogen-bond donors (Lipinski definition) is 4. The highest BCUT2D eigenvalue weighted by Crippen LogP contribution is 2.35. The van der Waals surface area contributed by atoms with Crippen LogP contribution in [0.3, 0.4) is 0 Å². The molecule has 26 heavy (non-hydrogen) atoms. The molecule has 140 valence electrons. The summed E-state index contributed by atoms with van der Waals surface area (Å²) in [6.07, 6.45) is 5.32. The van der Waals surface area contributed by atoms with E-state index in [9.17, 15) is 9.59 Å². The number of nitrogens with zero attached hydrogens (tertiary/aromatic N) is 1. The number of imidazole rings is 1. The van der Waals surface area contributed by atoms with E-state index in [1.54, 1.807) is 0 Å². The number of rotatable bonds is 7. The molecular formula is C19H27N5O2. The van der Waals surface area contributed by atoms with Gasteiger partial charge < -0.3 is 21.0 Å². The van der Waals surface area contributed by atoms with Gasteiger partial charge in [-0.2, -0.15) is 0 Å². The Bertz CT molecular complexity index is 838. The van der Waals surface area contributed by atoms with E-state index in [2.05, 4.69) is 20.2 Å². The molecule has 2 aliphatic rings. The lowest BCUT2D eigenvalue weighted by molar-refractivity contribution is -0.122. The molecule has 1 saturated heterocycles. The van der Waals surface area contributed by atoms with E-state index < -0.39 is 0 Å².